The molecule has 1 aromatic rings. The predicted molar refractivity (Wildman–Crippen MR) is 65.7 cm³/mol. The summed E-state index contributed by atoms with van der Waals surface area (Å²) >= 11 is 1.90. The third kappa shape index (κ3) is 3.72. The van der Waals surface area contributed by atoms with Crippen molar-refractivity contribution in [1.82, 2.24) is 0 Å². The van der Waals surface area contributed by atoms with Gasteiger partial charge in [-0.25, -0.2) is 0 Å². The van der Waals surface area contributed by atoms with Crippen LogP contribution in [0.15, 0.2) is 18.2 Å². The Morgan fingerprint density at radius 1 is 1.29 bits per heavy atom. The van der Waals surface area contributed by atoms with E-state index in [0.29, 0.717) is 6.04 Å². The van der Waals surface area contributed by atoms with Crippen LogP contribution in [-0.4, -0.2) is 11.8 Å². The van der Waals surface area contributed by atoms with Gasteiger partial charge < -0.3 is 5.73 Å². The maximum Gasteiger partial charge on any atom is 0.0185 e. The van der Waals surface area contributed by atoms with Gasteiger partial charge in [0.15, 0.2) is 0 Å². The summed E-state index contributed by atoms with van der Waals surface area (Å²) in [5, 5.41) is 0. The third-order valence-corrected chi connectivity index (χ3v) is 3.52. The molecule has 1 nitrogen and oxygen atoms in total. The molecule has 0 saturated carbocycles. The summed E-state index contributed by atoms with van der Waals surface area (Å²) in [4.78, 5) is 0. The molecule has 78 valence electrons. The summed E-state index contributed by atoms with van der Waals surface area (Å²) in [5.74, 6) is 2.11. The molecular weight excluding hydrogens is 190 g/mol. The van der Waals surface area contributed by atoms with Crippen molar-refractivity contribution in [3.8, 4) is 0 Å². The van der Waals surface area contributed by atoms with Crippen molar-refractivity contribution >= 4 is 11.8 Å². The summed E-state index contributed by atoms with van der Waals surface area (Å²) < 4.78 is 0. The molecule has 1 unspecified atom stereocenters. The molecule has 0 aliphatic carbocycles. The average molecular weight is 209 g/mol. The Balaban J connectivity index is 2.47. The van der Waals surface area contributed by atoms with E-state index in [-0.39, 0.29) is 0 Å². The van der Waals surface area contributed by atoms with Crippen LogP contribution in [0.4, 0.5) is 0 Å². The number of hydrogen-bond acceptors (Lipinski definition) is 2. The first-order chi connectivity index (χ1) is 6.59. The van der Waals surface area contributed by atoms with Crippen molar-refractivity contribution < 1.29 is 0 Å². The first kappa shape index (κ1) is 11.6. The van der Waals surface area contributed by atoms with Crippen LogP contribution in [0.25, 0.3) is 0 Å². The number of aryl methyl sites for hydroxylation is 2. The number of nitrogens with two attached hydrogens (primary N) is 1. The van der Waals surface area contributed by atoms with Crippen LogP contribution >= 0.6 is 11.8 Å². The molecule has 0 aliphatic rings. The van der Waals surface area contributed by atoms with E-state index < -0.39 is 0 Å². The van der Waals surface area contributed by atoms with Crippen molar-refractivity contribution in [2.45, 2.75) is 32.6 Å². The SMILES string of the molecule is Cc1ccc(CSCC(C)N)cc1C. The maximum absolute atomic E-state index is 5.69. The normalized spacial score (nSPS) is 12.9. The second-order valence-corrected chi connectivity index (χ2v) is 4.94. The van der Waals surface area contributed by atoms with Crippen molar-refractivity contribution in [3.63, 3.8) is 0 Å². The van der Waals surface area contributed by atoms with Gasteiger partial charge >= 0.3 is 0 Å². The van der Waals surface area contributed by atoms with E-state index in [1.807, 2.05) is 18.7 Å². The Hall–Kier alpha value is -0.470. The van der Waals surface area contributed by atoms with E-state index in [4.69, 9.17) is 5.73 Å². The highest BCUT2D eigenvalue weighted by Gasteiger charge is 1.98. The molecule has 1 rings (SSSR count). The van der Waals surface area contributed by atoms with E-state index in [0.717, 1.165) is 11.5 Å². The Labute approximate surface area is 91.1 Å². The smallest absolute Gasteiger partial charge is 0.0185 e. The van der Waals surface area contributed by atoms with Gasteiger partial charge in [-0.1, -0.05) is 18.2 Å². The molecule has 14 heavy (non-hydrogen) atoms. The van der Waals surface area contributed by atoms with Gasteiger partial charge in [0.1, 0.15) is 0 Å². The zero-order valence-electron chi connectivity index (χ0n) is 9.21. The summed E-state index contributed by atoms with van der Waals surface area (Å²) in [7, 11) is 0. The van der Waals surface area contributed by atoms with Gasteiger partial charge in [-0.15, -0.1) is 0 Å². The van der Waals surface area contributed by atoms with Gasteiger partial charge in [0.25, 0.3) is 0 Å². The van der Waals surface area contributed by atoms with Gasteiger partial charge in [0, 0.05) is 17.5 Å². The van der Waals surface area contributed by atoms with Gasteiger partial charge in [-0.3, -0.25) is 0 Å². The van der Waals surface area contributed by atoms with Gasteiger partial charge in [-0.2, -0.15) is 11.8 Å². The maximum atomic E-state index is 5.69. The molecule has 0 aromatic heterocycles. The quantitative estimate of drug-likeness (QED) is 0.825. The van der Waals surface area contributed by atoms with Gasteiger partial charge in [-0.05, 0) is 37.5 Å². The average Bonchev–Trinajstić information content (AvgIpc) is 2.10. The molecule has 0 bridgehead atoms. The fourth-order valence-corrected chi connectivity index (χ4v) is 2.16. The number of hydrogen-bond donors (Lipinski definition) is 1. The van der Waals surface area contributed by atoms with E-state index in [2.05, 4.69) is 32.0 Å². The lowest BCUT2D eigenvalue weighted by molar-refractivity contribution is 0.847. The topological polar surface area (TPSA) is 26.0 Å². The van der Waals surface area contributed by atoms with E-state index in [1.165, 1.54) is 16.7 Å². The number of thioether (sulfide) groups is 1. The van der Waals surface area contributed by atoms with Crippen LogP contribution in [0.1, 0.15) is 23.6 Å². The highest BCUT2D eigenvalue weighted by molar-refractivity contribution is 7.98. The lowest BCUT2D eigenvalue weighted by Crippen LogP contribution is -2.17. The molecule has 0 spiro atoms. The summed E-state index contributed by atoms with van der Waals surface area (Å²) in [6.07, 6.45) is 0. The van der Waals surface area contributed by atoms with Crippen LogP contribution < -0.4 is 5.73 Å². The number of rotatable bonds is 4. The Morgan fingerprint density at radius 3 is 2.57 bits per heavy atom. The highest BCUT2D eigenvalue weighted by atomic mass is 32.2. The molecule has 1 aromatic carbocycles. The van der Waals surface area contributed by atoms with E-state index >= 15 is 0 Å². The Morgan fingerprint density at radius 2 is 2.00 bits per heavy atom. The fraction of sp³-hybridized carbons (Fsp3) is 0.500. The molecule has 0 saturated heterocycles. The molecular formula is C12H19NS. The van der Waals surface area contributed by atoms with Gasteiger partial charge in [0.05, 0.1) is 0 Å². The predicted octanol–water partition coefficient (Wildman–Crippen LogP) is 2.88. The van der Waals surface area contributed by atoms with E-state index in [9.17, 15) is 0 Å². The Kier molecular flexibility index (Phi) is 4.49. The van der Waals surface area contributed by atoms with Crippen LogP contribution in [0.5, 0.6) is 0 Å². The zero-order chi connectivity index (χ0) is 10.6. The fourth-order valence-electron chi connectivity index (χ4n) is 1.26. The molecule has 0 aliphatic heterocycles. The zero-order valence-corrected chi connectivity index (χ0v) is 10.0. The van der Waals surface area contributed by atoms with Crippen molar-refractivity contribution in [2.75, 3.05) is 5.75 Å². The van der Waals surface area contributed by atoms with Crippen LogP contribution in [0, 0.1) is 13.8 Å². The monoisotopic (exact) mass is 209 g/mol. The molecule has 2 heteroatoms. The standard InChI is InChI=1S/C12H19NS/c1-9-4-5-12(6-10(9)2)8-14-7-11(3)13/h4-6,11H,7-8,13H2,1-3H3. The first-order valence-electron chi connectivity index (χ1n) is 4.99. The lowest BCUT2D eigenvalue weighted by atomic mass is 10.1. The van der Waals surface area contributed by atoms with Crippen LogP contribution in [0.2, 0.25) is 0 Å². The molecule has 0 radical (unpaired) electrons. The van der Waals surface area contributed by atoms with Crippen LogP contribution in [0.3, 0.4) is 0 Å². The van der Waals surface area contributed by atoms with Crippen molar-refractivity contribution in [2.24, 2.45) is 5.73 Å². The lowest BCUT2D eigenvalue weighted by Gasteiger charge is -2.06. The first-order valence-corrected chi connectivity index (χ1v) is 6.14. The second-order valence-electron chi connectivity index (χ2n) is 3.91. The third-order valence-electron chi connectivity index (χ3n) is 2.22. The van der Waals surface area contributed by atoms with Crippen molar-refractivity contribution in [1.29, 1.82) is 0 Å². The minimum atomic E-state index is 0.298. The minimum absolute atomic E-state index is 0.298. The van der Waals surface area contributed by atoms with Crippen molar-refractivity contribution in [3.05, 3.63) is 34.9 Å². The molecule has 2 N–H and O–H groups in total. The molecule has 0 amide bonds. The minimum Gasteiger partial charge on any atom is -0.327 e. The van der Waals surface area contributed by atoms with E-state index in [1.54, 1.807) is 0 Å². The largest absolute Gasteiger partial charge is 0.327 e. The Bertz CT molecular complexity index is 294. The molecule has 0 fully saturated rings. The number of benzene rings is 1. The van der Waals surface area contributed by atoms with Crippen LogP contribution in [-0.2, 0) is 5.75 Å². The summed E-state index contributed by atoms with van der Waals surface area (Å²) in [6.45, 7) is 6.36. The van der Waals surface area contributed by atoms with Gasteiger partial charge in [0.2, 0.25) is 0 Å². The highest BCUT2D eigenvalue weighted by Crippen LogP contribution is 2.16. The second kappa shape index (κ2) is 5.42. The molecule has 0 heterocycles. The summed E-state index contributed by atoms with van der Waals surface area (Å²) in [6, 6.07) is 6.96. The molecule has 1 atom stereocenters. The summed E-state index contributed by atoms with van der Waals surface area (Å²) in [5.41, 5.74) is 9.84.